The number of rotatable bonds is 3. The summed E-state index contributed by atoms with van der Waals surface area (Å²) in [6.07, 6.45) is 11.5. The Morgan fingerprint density at radius 3 is 2.88 bits per heavy atom. The summed E-state index contributed by atoms with van der Waals surface area (Å²) in [6.45, 7) is 0. The smallest absolute Gasteiger partial charge is 0.155 e. The van der Waals surface area contributed by atoms with Gasteiger partial charge < -0.3 is 4.57 Å². The minimum Gasteiger partial charge on any atom is -0.338 e. The van der Waals surface area contributed by atoms with Crippen molar-refractivity contribution in [1.82, 2.24) is 9.55 Å². The quantitative estimate of drug-likeness (QED) is 0.781. The summed E-state index contributed by atoms with van der Waals surface area (Å²) in [5.41, 5.74) is 1.30. The highest BCUT2D eigenvalue weighted by atomic mass is 16.1. The van der Waals surface area contributed by atoms with Crippen molar-refractivity contribution < 1.29 is 4.79 Å². The first-order valence-corrected chi connectivity index (χ1v) is 5.94. The van der Waals surface area contributed by atoms with Gasteiger partial charge in [0.05, 0.1) is 0 Å². The van der Waals surface area contributed by atoms with E-state index in [2.05, 4.69) is 4.98 Å². The van der Waals surface area contributed by atoms with Gasteiger partial charge in [0.15, 0.2) is 5.78 Å². The van der Waals surface area contributed by atoms with Crippen molar-refractivity contribution in [1.29, 1.82) is 0 Å². The molecule has 1 heterocycles. The van der Waals surface area contributed by atoms with Gasteiger partial charge in [0.2, 0.25) is 0 Å². The van der Waals surface area contributed by atoms with Crippen LogP contribution < -0.4 is 0 Å². The van der Waals surface area contributed by atoms with Crippen LogP contribution in [0.1, 0.15) is 37.9 Å². The molecule has 0 aromatic carbocycles. The first-order valence-electron chi connectivity index (χ1n) is 5.94. The lowest BCUT2D eigenvalue weighted by Gasteiger charge is -2.04. The second-order valence-electron chi connectivity index (χ2n) is 4.43. The molecule has 2 rings (SSSR count). The van der Waals surface area contributed by atoms with Crippen molar-refractivity contribution >= 4 is 5.78 Å². The highest BCUT2D eigenvalue weighted by molar-refractivity contribution is 5.90. The summed E-state index contributed by atoms with van der Waals surface area (Å²) >= 11 is 0. The van der Waals surface area contributed by atoms with Gasteiger partial charge in [-0.3, -0.25) is 4.79 Å². The zero-order valence-electron chi connectivity index (χ0n) is 9.78. The van der Waals surface area contributed by atoms with Gasteiger partial charge in [0.25, 0.3) is 0 Å². The maximum Gasteiger partial charge on any atom is 0.155 e. The Kier molecular flexibility index (Phi) is 3.54. The summed E-state index contributed by atoms with van der Waals surface area (Å²) < 4.78 is 2.04. The number of aryl methyl sites for hydroxylation is 2. The van der Waals surface area contributed by atoms with E-state index in [-0.39, 0.29) is 0 Å². The molecule has 16 heavy (non-hydrogen) atoms. The maximum absolute atomic E-state index is 11.4. The van der Waals surface area contributed by atoms with Gasteiger partial charge in [-0.25, -0.2) is 4.98 Å². The van der Waals surface area contributed by atoms with Crippen LogP contribution in [-0.2, 0) is 18.3 Å². The molecule has 1 aliphatic carbocycles. The standard InChI is InChI=1S/C13H18N2O/c1-15-9-8-14-13(15)7-6-11-4-2-3-5-12(16)10-11/h8-10H,2-7H2,1H3. The molecule has 86 valence electrons. The number of nitrogens with zero attached hydrogens (tertiary/aromatic N) is 2. The number of imidazole rings is 1. The molecule has 1 aromatic heterocycles. The van der Waals surface area contributed by atoms with Crippen LogP contribution in [0.15, 0.2) is 24.0 Å². The normalized spacial score (nSPS) is 17.1. The fraction of sp³-hybridized carbons (Fsp3) is 0.538. The number of hydrogen-bond donors (Lipinski definition) is 0. The molecule has 0 atom stereocenters. The lowest BCUT2D eigenvalue weighted by atomic mass is 10.0. The van der Waals surface area contributed by atoms with Crippen LogP contribution >= 0.6 is 0 Å². The summed E-state index contributed by atoms with van der Waals surface area (Å²) in [7, 11) is 2.01. The van der Waals surface area contributed by atoms with Crippen molar-refractivity contribution in [3.05, 3.63) is 29.9 Å². The largest absolute Gasteiger partial charge is 0.338 e. The van der Waals surface area contributed by atoms with Crippen LogP contribution in [0.25, 0.3) is 0 Å². The third-order valence-electron chi connectivity index (χ3n) is 3.13. The van der Waals surface area contributed by atoms with Crippen LogP contribution in [0.5, 0.6) is 0 Å². The van der Waals surface area contributed by atoms with Crippen molar-refractivity contribution in [2.45, 2.75) is 38.5 Å². The Morgan fingerprint density at radius 2 is 2.12 bits per heavy atom. The Morgan fingerprint density at radius 1 is 1.31 bits per heavy atom. The molecule has 1 aliphatic rings. The predicted molar refractivity (Wildman–Crippen MR) is 63.1 cm³/mol. The molecule has 3 heteroatoms. The zero-order chi connectivity index (χ0) is 11.4. The molecule has 0 bridgehead atoms. The van der Waals surface area contributed by atoms with E-state index < -0.39 is 0 Å². The Bertz CT molecular complexity index is 404. The van der Waals surface area contributed by atoms with Gasteiger partial charge in [-0.15, -0.1) is 0 Å². The van der Waals surface area contributed by atoms with Gasteiger partial charge >= 0.3 is 0 Å². The average Bonchev–Trinajstić information content (AvgIpc) is 2.54. The van der Waals surface area contributed by atoms with Crippen LogP contribution in [-0.4, -0.2) is 15.3 Å². The van der Waals surface area contributed by atoms with E-state index in [1.807, 2.05) is 30.1 Å². The van der Waals surface area contributed by atoms with E-state index >= 15 is 0 Å². The molecule has 0 fully saturated rings. The molecular weight excluding hydrogens is 200 g/mol. The lowest BCUT2D eigenvalue weighted by Crippen LogP contribution is -1.99. The summed E-state index contributed by atoms with van der Waals surface area (Å²) in [6, 6.07) is 0. The molecule has 0 saturated heterocycles. The predicted octanol–water partition coefficient (Wildman–Crippen LogP) is 2.42. The number of carbonyl (C=O) groups excluding carboxylic acids is 1. The monoisotopic (exact) mass is 218 g/mol. The van der Waals surface area contributed by atoms with E-state index in [9.17, 15) is 4.79 Å². The molecule has 0 spiro atoms. The topological polar surface area (TPSA) is 34.9 Å². The van der Waals surface area contributed by atoms with Crippen LogP contribution in [0.4, 0.5) is 0 Å². The van der Waals surface area contributed by atoms with Crippen molar-refractivity contribution in [2.75, 3.05) is 0 Å². The van der Waals surface area contributed by atoms with Crippen molar-refractivity contribution in [3.63, 3.8) is 0 Å². The molecule has 0 saturated carbocycles. The highest BCUT2D eigenvalue weighted by Crippen LogP contribution is 2.19. The van der Waals surface area contributed by atoms with Crippen molar-refractivity contribution in [2.24, 2.45) is 7.05 Å². The SMILES string of the molecule is Cn1ccnc1CCC1=CC(=O)CCCC1. The number of allylic oxidation sites excluding steroid dienone is 2. The van der Waals surface area contributed by atoms with E-state index in [0.717, 1.165) is 44.3 Å². The van der Waals surface area contributed by atoms with E-state index in [1.165, 1.54) is 5.57 Å². The first-order chi connectivity index (χ1) is 7.75. The van der Waals surface area contributed by atoms with Gasteiger partial charge in [-0.05, 0) is 31.8 Å². The average molecular weight is 218 g/mol. The second-order valence-corrected chi connectivity index (χ2v) is 4.43. The molecule has 0 amide bonds. The van der Waals surface area contributed by atoms with E-state index in [1.54, 1.807) is 0 Å². The van der Waals surface area contributed by atoms with Gasteiger partial charge in [-0.2, -0.15) is 0 Å². The van der Waals surface area contributed by atoms with Gasteiger partial charge in [0, 0.05) is 32.3 Å². The third kappa shape index (κ3) is 2.81. The fourth-order valence-corrected chi connectivity index (χ4v) is 2.13. The first kappa shape index (κ1) is 11.1. The minimum atomic E-state index is 0.298. The molecule has 3 nitrogen and oxygen atoms in total. The number of hydrogen-bond acceptors (Lipinski definition) is 2. The molecule has 0 radical (unpaired) electrons. The van der Waals surface area contributed by atoms with Crippen LogP contribution in [0, 0.1) is 0 Å². The minimum absolute atomic E-state index is 0.298. The second kappa shape index (κ2) is 5.10. The molecule has 1 aromatic rings. The van der Waals surface area contributed by atoms with Gasteiger partial charge in [0.1, 0.15) is 5.82 Å². The van der Waals surface area contributed by atoms with Gasteiger partial charge in [-0.1, -0.05) is 5.57 Å². The number of ketones is 1. The Hall–Kier alpha value is -1.38. The fourth-order valence-electron chi connectivity index (χ4n) is 2.13. The number of aromatic nitrogens is 2. The third-order valence-corrected chi connectivity index (χ3v) is 3.13. The summed E-state index contributed by atoms with van der Waals surface area (Å²) in [4.78, 5) is 15.7. The van der Waals surface area contributed by atoms with Crippen molar-refractivity contribution in [3.8, 4) is 0 Å². The van der Waals surface area contributed by atoms with E-state index in [4.69, 9.17) is 0 Å². The Balaban J connectivity index is 1.94. The summed E-state index contributed by atoms with van der Waals surface area (Å²) in [5, 5.41) is 0. The maximum atomic E-state index is 11.4. The molecular formula is C13H18N2O. The Labute approximate surface area is 96.2 Å². The molecule has 0 N–H and O–H groups in total. The number of carbonyl (C=O) groups is 1. The molecule has 0 aliphatic heterocycles. The lowest BCUT2D eigenvalue weighted by molar-refractivity contribution is -0.114. The zero-order valence-corrected chi connectivity index (χ0v) is 9.78. The van der Waals surface area contributed by atoms with E-state index in [0.29, 0.717) is 5.78 Å². The molecule has 0 unspecified atom stereocenters. The summed E-state index contributed by atoms with van der Waals surface area (Å²) in [5.74, 6) is 1.39. The highest BCUT2D eigenvalue weighted by Gasteiger charge is 2.09. The van der Waals surface area contributed by atoms with Crippen LogP contribution in [0.3, 0.4) is 0 Å². The van der Waals surface area contributed by atoms with Crippen LogP contribution in [0.2, 0.25) is 0 Å².